The molecule has 0 saturated heterocycles. The number of rotatable bonds is 5. The zero-order chi connectivity index (χ0) is 14.4. The van der Waals surface area contributed by atoms with Crippen LogP contribution in [0.1, 0.15) is 33.6 Å². The molecule has 108 valence electrons. The average molecular weight is 269 g/mol. The normalized spacial score (nSPS) is 35.8. The van der Waals surface area contributed by atoms with Gasteiger partial charge in [0.15, 0.2) is 0 Å². The van der Waals surface area contributed by atoms with Crippen molar-refractivity contribution in [3.8, 4) is 0 Å². The quantitative estimate of drug-likeness (QED) is 0.791. The maximum absolute atomic E-state index is 10.9. The highest BCUT2D eigenvalue weighted by Crippen LogP contribution is 2.61. The third-order valence-corrected chi connectivity index (χ3v) is 5.46. The summed E-state index contributed by atoms with van der Waals surface area (Å²) in [6.07, 6.45) is 2.13. The van der Waals surface area contributed by atoms with E-state index in [2.05, 4.69) is 20.8 Å². The van der Waals surface area contributed by atoms with E-state index in [9.17, 15) is 9.59 Å². The third-order valence-electron chi connectivity index (χ3n) is 5.46. The fourth-order valence-corrected chi connectivity index (χ4v) is 4.24. The Balaban J connectivity index is 2.10. The molecule has 3 fully saturated rings. The molecule has 0 aromatic heterocycles. The molecule has 3 aliphatic carbocycles. The van der Waals surface area contributed by atoms with Crippen molar-refractivity contribution in [2.45, 2.75) is 39.7 Å². The minimum absolute atomic E-state index is 0.0870. The predicted molar refractivity (Wildman–Crippen MR) is 69.8 cm³/mol. The van der Waals surface area contributed by atoms with Gasteiger partial charge in [-0.15, -0.1) is 0 Å². The van der Waals surface area contributed by atoms with Crippen molar-refractivity contribution < 1.29 is 19.8 Å². The van der Waals surface area contributed by atoms with E-state index in [1.807, 2.05) is 0 Å². The Morgan fingerprint density at radius 2 is 1.68 bits per heavy atom. The second kappa shape index (κ2) is 4.78. The fourth-order valence-electron chi connectivity index (χ4n) is 4.24. The van der Waals surface area contributed by atoms with Crippen LogP contribution >= 0.6 is 0 Å². The first-order chi connectivity index (χ1) is 8.73. The minimum atomic E-state index is -0.952. The maximum atomic E-state index is 10.9. The van der Waals surface area contributed by atoms with Crippen LogP contribution in [0.25, 0.3) is 0 Å². The van der Waals surface area contributed by atoms with E-state index in [0.29, 0.717) is 23.2 Å². The van der Waals surface area contributed by atoms with E-state index in [1.54, 1.807) is 4.90 Å². The Hall–Kier alpha value is -1.10. The topological polar surface area (TPSA) is 77.8 Å². The summed E-state index contributed by atoms with van der Waals surface area (Å²) in [7, 11) is 0. The molecule has 5 heteroatoms. The molecule has 3 rings (SSSR count). The predicted octanol–water partition coefficient (Wildman–Crippen LogP) is 1.53. The first kappa shape index (κ1) is 14.3. The Bertz CT molecular complexity index is 377. The molecule has 0 radical (unpaired) electrons. The smallest absolute Gasteiger partial charge is 0.317 e. The van der Waals surface area contributed by atoms with Crippen molar-refractivity contribution in [2.24, 2.45) is 23.2 Å². The van der Waals surface area contributed by atoms with Crippen LogP contribution < -0.4 is 0 Å². The molecule has 4 atom stereocenters. The molecule has 0 heterocycles. The van der Waals surface area contributed by atoms with Gasteiger partial charge in [0.25, 0.3) is 0 Å². The van der Waals surface area contributed by atoms with Gasteiger partial charge in [-0.3, -0.25) is 14.5 Å². The molecule has 0 aliphatic heterocycles. The number of aliphatic carboxylic acids is 2. The lowest BCUT2D eigenvalue weighted by Crippen LogP contribution is -2.61. The summed E-state index contributed by atoms with van der Waals surface area (Å²) in [6.45, 7) is 6.33. The third kappa shape index (κ3) is 2.48. The van der Waals surface area contributed by atoms with E-state index < -0.39 is 11.9 Å². The van der Waals surface area contributed by atoms with Crippen molar-refractivity contribution in [3.05, 3.63) is 0 Å². The van der Waals surface area contributed by atoms with Crippen LogP contribution in [0.5, 0.6) is 0 Å². The molecule has 2 unspecified atom stereocenters. The maximum Gasteiger partial charge on any atom is 0.317 e. The van der Waals surface area contributed by atoms with Crippen LogP contribution in [0.3, 0.4) is 0 Å². The van der Waals surface area contributed by atoms with Crippen molar-refractivity contribution >= 4 is 11.9 Å². The van der Waals surface area contributed by atoms with Gasteiger partial charge in [0.2, 0.25) is 0 Å². The summed E-state index contributed by atoms with van der Waals surface area (Å²) in [5.41, 5.74) is 0.327. The van der Waals surface area contributed by atoms with Crippen LogP contribution in [0.4, 0.5) is 0 Å². The molecule has 5 nitrogen and oxygen atoms in total. The van der Waals surface area contributed by atoms with Crippen LogP contribution in [0, 0.1) is 23.2 Å². The van der Waals surface area contributed by atoms with E-state index in [-0.39, 0.29) is 19.1 Å². The standard InChI is InChI=1S/C14H23NO4/c1-8-10-4-9(14(10,2)3)5-11(8)15(6-12(16)17)7-13(18)19/h8-11H,4-7H2,1-3H3,(H,16,17)(H,18,19)/t8-,9?,10?,11-/m1/s1. The van der Waals surface area contributed by atoms with E-state index in [1.165, 1.54) is 6.42 Å². The summed E-state index contributed by atoms with van der Waals surface area (Å²) in [6, 6.07) is 0.0870. The fraction of sp³-hybridized carbons (Fsp3) is 0.857. The zero-order valence-electron chi connectivity index (χ0n) is 11.8. The molecular formula is C14H23NO4. The highest BCUT2D eigenvalue weighted by molar-refractivity contribution is 5.72. The van der Waals surface area contributed by atoms with Crippen molar-refractivity contribution in [3.63, 3.8) is 0 Å². The van der Waals surface area contributed by atoms with Gasteiger partial charge in [-0.1, -0.05) is 20.8 Å². The second-order valence-electron chi connectivity index (χ2n) is 6.72. The Labute approximate surface area is 113 Å². The number of hydrogen-bond acceptors (Lipinski definition) is 3. The van der Waals surface area contributed by atoms with Crippen LogP contribution in [0.2, 0.25) is 0 Å². The van der Waals surface area contributed by atoms with Gasteiger partial charge in [-0.2, -0.15) is 0 Å². The van der Waals surface area contributed by atoms with E-state index in [0.717, 1.165) is 6.42 Å². The Kier molecular flexibility index (Phi) is 3.60. The molecule has 2 bridgehead atoms. The molecule has 0 aromatic rings. The zero-order valence-corrected chi connectivity index (χ0v) is 11.8. The molecular weight excluding hydrogens is 246 g/mol. The molecule has 3 saturated carbocycles. The van der Waals surface area contributed by atoms with Crippen LogP contribution in [0.15, 0.2) is 0 Å². The number of carbonyl (C=O) groups is 2. The van der Waals surface area contributed by atoms with Gasteiger partial charge in [-0.25, -0.2) is 0 Å². The number of carboxylic acids is 2. The van der Waals surface area contributed by atoms with Crippen molar-refractivity contribution in [1.82, 2.24) is 4.90 Å². The first-order valence-electron chi connectivity index (χ1n) is 6.91. The lowest BCUT2D eigenvalue weighted by molar-refractivity contribution is -0.157. The highest BCUT2D eigenvalue weighted by atomic mass is 16.4. The lowest BCUT2D eigenvalue weighted by Gasteiger charge is -2.63. The average Bonchev–Trinajstić information content (AvgIpc) is 2.26. The van der Waals surface area contributed by atoms with E-state index in [4.69, 9.17) is 10.2 Å². The molecule has 0 amide bonds. The molecule has 2 N–H and O–H groups in total. The first-order valence-corrected chi connectivity index (χ1v) is 6.91. The summed E-state index contributed by atoms with van der Waals surface area (Å²) in [4.78, 5) is 23.5. The van der Waals surface area contributed by atoms with Gasteiger partial charge in [-0.05, 0) is 36.0 Å². The number of nitrogens with zero attached hydrogens (tertiary/aromatic N) is 1. The van der Waals surface area contributed by atoms with E-state index >= 15 is 0 Å². The number of hydrogen-bond donors (Lipinski definition) is 2. The monoisotopic (exact) mass is 269 g/mol. The summed E-state index contributed by atoms with van der Waals surface area (Å²) in [5.74, 6) is -0.359. The largest absolute Gasteiger partial charge is 0.480 e. The second-order valence-corrected chi connectivity index (χ2v) is 6.72. The van der Waals surface area contributed by atoms with Crippen LogP contribution in [-0.4, -0.2) is 46.2 Å². The van der Waals surface area contributed by atoms with Crippen LogP contribution in [-0.2, 0) is 9.59 Å². The summed E-state index contributed by atoms with van der Waals surface area (Å²) in [5, 5.41) is 17.9. The van der Waals surface area contributed by atoms with Gasteiger partial charge in [0.05, 0.1) is 13.1 Å². The SMILES string of the molecule is C[C@@H]1C2CC(C[C@H]1N(CC(=O)O)CC(=O)O)C2(C)C. The Morgan fingerprint density at radius 1 is 1.16 bits per heavy atom. The van der Waals surface area contributed by atoms with Crippen molar-refractivity contribution in [1.29, 1.82) is 0 Å². The lowest BCUT2D eigenvalue weighted by atomic mass is 9.44. The molecule has 0 spiro atoms. The molecule has 19 heavy (non-hydrogen) atoms. The minimum Gasteiger partial charge on any atom is -0.480 e. The highest BCUT2D eigenvalue weighted by Gasteiger charge is 2.57. The molecule has 0 aromatic carbocycles. The van der Waals surface area contributed by atoms with Gasteiger partial charge in [0.1, 0.15) is 0 Å². The Morgan fingerprint density at radius 3 is 2.05 bits per heavy atom. The summed E-state index contributed by atoms with van der Waals surface area (Å²) < 4.78 is 0. The number of fused-ring (bicyclic) bond motifs is 2. The number of carboxylic acid groups (broad SMARTS) is 2. The van der Waals surface area contributed by atoms with Gasteiger partial charge < -0.3 is 10.2 Å². The van der Waals surface area contributed by atoms with Gasteiger partial charge >= 0.3 is 11.9 Å². The molecule has 3 aliphatic rings. The summed E-state index contributed by atoms with van der Waals surface area (Å²) >= 11 is 0. The van der Waals surface area contributed by atoms with Crippen molar-refractivity contribution in [2.75, 3.05) is 13.1 Å². The van der Waals surface area contributed by atoms with Gasteiger partial charge in [0, 0.05) is 6.04 Å².